The first-order valence-corrected chi connectivity index (χ1v) is 7.46. The average Bonchev–Trinajstić information content (AvgIpc) is 2.61. The van der Waals surface area contributed by atoms with Crippen LogP contribution < -0.4 is 15.8 Å². The number of ether oxygens (including phenoxy) is 2. The van der Waals surface area contributed by atoms with Gasteiger partial charge in [-0.3, -0.25) is 4.79 Å². The van der Waals surface area contributed by atoms with Crippen molar-refractivity contribution >= 4 is 23.5 Å². The number of amides is 2. The maximum Gasteiger partial charge on any atom is 0.338 e. The van der Waals surface area contributed by atoms with Crippen LogP contribution in [0.2, 0.25) is 0 Å². The lowest BCUT2D eigenvalue weighted by Gasteiger charge is -2.13. The van der Waals surface area contributed by atoms with Gasteiger partial charge < -0.3 is 20.5 Å². The van der Waals surface area contributed by atoms with Gasteiger partial charge in [0.05, 0.1) is 12.7 Å². The molecule has 1 atom stereocenters. The molecular weight excluding hydrogens is 324 g/mol. The number of methoxy groups -OCH3 is 1. The lowest BCUT2D eigenvalue weighted by Crippen LogP contribution is -2.24. The van der Waals surface area contributed by atoms with Crippen LogP contribution in [0, 0.1) is 0 Å². The van der Waals surface area contributed by atoms with Crippen molar-refractivity contribution in [1.82, 2.24) is 0 Å². The van der Waals surface area contributed by atoms with Gasteiger partial charge in [0.1, 0.15) is 5.75 Å². The number of urea groups is 1. The van der Waals surface area contributed by atoms with Gasteiger partial charge in [-0.2, -0.15) is 0 Å². The van der Waals surface area contributed by atoms with Crippen LogP contribution in [0.1, 0.15) is 27.6 Å². The van der Waals surface area contributed by atoms with E-state index < -0.39 is 18.1 Å². The van der Waals surface area contributed by atoms with Crippen molar-refractivity contribution in [3.05, 3.63) is 59.7 Å². The Morgan fingerprint density at radius 2 is 1.52 bits per heavy atom. The Morgan fingerprint density at radius 1 is 0.960 bits per heavy atom. The van der Waals surface area contributed by atoms with Crippen molar-refractivity contribution in [2.24, 2.45) is 5.73 Å². The number of anilines is 1. The van der Waals surface area contributed by atoms with E-state index >= 15 is 0 Å². The summed E-state index contributed by atoms with van der Waals surface area (Å²) in [5.74, 6) is -0.325. The Bertz CT molecular complexity index is 769. The number of Topliss-reactive ketones (excluding diaryl/α,β-unsaturated/α-hetero) is 1. The van der Waals surface area contributed by atoms with Gasteiger partial charge in [0, 0.05) is 11.3 Å². The summed E-state index contributed by atoms with van der Waals surface area (Å²) in [6, 6.07) is 11.8. The second-order valence-corrected chi connectivity index (χ2v) is 5.21. The number of primary amides is 1. The van der Waals surface area contributed by atoms with Crippen LogP contribution in [0.15, 0.2) is 48.5 Å². The number of nitrogens with one attached hydrogen (secondary N) is 1. The number of carbonyl (C=O) groups excluding carboxylic acids is 3. The summed E-state index contributed by atoms with van der Waals surface area (Å²) in [5, 5.41) is 2.38. The van der Waals surface area contributed by atoms with Gasteiger partial charge >= 0.3 is 12.0 Å². The molecule has 25 heavy (non-hydrogen) atoms. The predicted octanol–water partition coefficient (Wildman–Crippen LogP) is 2.61. The molecule has 2 aromatic rings. The van der Waals surface area contributed by atoms with Crippen molar-refractivity contribution in [3.8, 4) is 5.75 Å². The zero-order valence-electron chi connectivity index (χ0n) is 13.8. The van der Waals surface area contributed by atoms with E-state index in [-0.39, 0.29) is 11.3 Å². The molecular formula is C18H18N2O5. The minimum absolute atomic E-state index is 0.254. The number of carbonyl (C=O) groups is 3. The average molecular weight is 342 g/mol. The molecule has 0 aliphatic rings. The predicted molar refractivity (Wildman–Crippen MR) is 91.9 cm³/mol. The molecule has 0 aliphatic carbocycles. The van der Waals surface area contributed by atoms with Gasteiger partial charge in [0.15, 0.2) is 6.10 Å². The normalized spacial score (nSPS) is 11.3. The highest BCUT2D eigenvalue weighted by Gasteiger charge is 2.20. The molecule has 130 valence electrons. The Hall–Kier alpha value is -3.35. The first-order valence-electron chi connectivity index (χ1n) is 7.46. The van der Waals surface area contributed by atoms with Gasteiger partial charge in [-0.25, -0.2) is 9.59 Å². The number of hydrogen-bond donors (Lipinski definition) is 2. The monoisotopic (exact) mass is 342 g/mol. The zero-order valence-corrected chi connectivity index (χ0v) is 13.8. The molecule has 0 aliphatic heterocycles. The van der Waals surface area contributed by atoms with Crippen LogP contribution in [-0.2, 0) is 4.74 Å². The fourth-order valence-electron chi connectivity index (χ4n) is 2.10. The van der Waals surface area contributed by atoms with E-state index in [2.05, 4.69) is 5.32 Å². The van der Waals surface area contributed by atoms with Crippen LogP contribution in [0.3, 0.4) is 0 Å². The highest BCUT2D eigenvalue weighted by atomic mass is 16.5. The summed E-state index contributed by atoms with van der Waals surface area (Å²) in [4.78, 5) is 35.2. The molecule has 0 spiro atoms. The van der Waals surface area contributed by atoms with E-state index in [1.54, 1.807) is 24.3 Å². The van der Waals surface area contributed by atoms with Gasteiger partial charge in [-0.1, -0.05) is 0 Å². The van der Waals surface area contributed by atoms with E-state index in [9.17, 15) is 14.4 Å². The molecule has 2 aromatic carbocycles. The largest absolute Gasteiger partial charge is 0.497 e. The Kier molecular flexibility index (Phi) is 5.73. The third kappa shape index (κ3) is 4.81. The molecule has 7 nitrogen and oxygen atoms in total. The van der Waals surface area contributed by atoms with E-state index in [0.717, 1.165) is 0 Å². The summed E-state index contributed by atoms with van der Waals surface area (Å²) in [5.41, 5.74) is 6.13. The van der Waals surface area contributed by atoms with Crippen molar-refractivity contribution in [3.63, 3.8) is 0 Å². The van der Waals surface area contributed by atoms with Crippen molar-refractivity contribution in [2.45, 2.75) is 13.0 Å². The number of esters is 1. The Labute approximate surface area is 144 Å². The maximum absolute atomic E-state index is 12.3. The highest BCUT2D eigenvalue weighted by molar-refractivity contribution is 6.01. The van der Waals surface area contributed by atoms with Crippen LogP contribution in [0.25, 0.3) is 0 Å². The molecule has 0 unspecified atom stereocenters. The lowest BCUT2D eigenvalue weighted by molar-refractivity contribution is 0.0319. The number of benzene rings is 2. The smallest absolute Gasteiger partial charge is 0.338 e. The molecule has 2 amide bonds. The van der Waals surface area contributed by atoms with E-state index in [4.69, 9.17) is 15.2 Å². The first kappa shape index (κ1) is 18.0. The van der Waals surface area contributed by atoms with Gasteiger partial charge in [0.25, 0.3) is 0 Å². The van der Waals surface area contributed by atoms with Crippen LogP contribution in [0.5, 0.6) is 5.75 Å². The second-order valence-electron chi connectivity index (χ2n) is 5.21. The second kappa shape index (κ2) is 7.96. The molecule has 0 radical (unpaired) electrons. The highest BCUT2D eigenvalue weighted by Crippen LogP contribution is 2.15. The van der Waals surface area contributed by atoms with Gasteiger partial charge in [-0.15, -0.1) is 0 Å². The van der Waals surface area contributed by atoms with Gasteiger partial charge in [0.2, 0.25) is 5.78 Å². The van der Waals surface area contributed by atoms with Crippen molar-refractivity contribution < 1.29 is 23.9 Å². The number of ketones is 1. The molecule has 0 aromatic heterocycles. The van der Waals surface area contributed by atoms with Crippen LogP contribution >= 0.6 is 0 Å². The Morgan fingerprint density at radius 3 is 2.04 bits per heavy atom. The summed E-state index contributed by atoms with van der Waals surface area (Å²) >= 11 is 0. The number of nitrogens with two attached hydrogens (primary N) is 1. The first-order chi connectivity index (χ1) is 11.9. The summed E-state index contributed by atoms with van der Waals surface area (Å²) in [6.45, 7) is 1.51. The summed E-state index contributed by atoms with van der Waals surface area (Å²) in [6.07, 6.45) is -0.940. The minimum atomic E-state index is -0.940. The summed E-state index contributed by atoms with van der Waals surface area (Å²) < 4.78 is 10.2. The fourth-order valence-corrected chi connectivity index (χ4v) is 2.10. The molecule has 7 heteroatoms. The fraction of sp³-hybridized carbons (Fsp3) is 0.167. The molecule has 0 heterocycles. The zero-order chi connectivity index (χ0) is 18.4. The van der Waals surface area contributed by atoms with E-state index in [1.165, 1.54) is 38.3 Å². The Balaban J connectivity index is 2.00. The molecule has 0 fully saturated rings. The van der Waals surface area contributed by atoms with Crippen molar-refractivity contribution in [1.29, 1.82) is 0 Å². The number of rotatable bonds is 6. The van der Waals surface area contributed by atoms with Crippen LogP contribution in [0.4, 0.5) is 10.5 Å². The molecule has 2 rings (SSSR count). The third-order valence-corrected chi connectivity index (χ3v) is 3.42. The lowest BCUT2D eigenvalue weighted by atomic mass is 10.1. The SMILES string of the molecule is COc1ccc(C(=O)[C@H](C)OC(=O)c2ccc(NC(N)=O)cc2)cc1. The molecule has 0 saturated carbocycles. The molecule has 3 N–H and O–H groups in total. The minimum Gasteiger partial charge on any atom is -0.497 e. The topological polar surface area (TPSA) is 108 Å². The molecule has 0 bridgehead atoms. The van der Waals surface area contributed by atoms with Gasteiger partial charge in [-0.05, 0) is 55.5 Å². The van der Waals surface area contributed by atoms with Crippen molar-refractivity contribution in [2.75, 3.05) is 12.4 Å². The standard InChI is InChI=1S/C18H18N2O5/c1-11(16(21)12-5-9-15(24-2)10-6-12)25-17(22)13-3-7-14(8-4-13)20-18(19)23/h3-11H,1-2H3,(H3,19,20,23)/t11-/m0/s1. The summed E-state index contributed by atoms with van der Waals surface area (Å²) in [7, 11) is 1.53. The van der Waals surface area contributed by atoms with E-state index in [1.807, 2.05) is 0 Å². The maximum atomic E-state index is 12.3. The van der Waals surface area contributed by atoms with E-state index in [0.29, 0.717) is 17.0 Å². The molecule has 0 saturated heterocycles. The quantitative estimate of drug-likeness (QED) is 0.620. The third-order valence-electron chi connectivity index (χ3n) is 3.42. The number of hydrogen-bond acceptors (Lipinski definition) is 5. The van der Waals surface area contributed by atoms with Crippen LogP contribution in [-0.4, -0.2) is 31.0 Å².